The lowest BCUT2D eigenvalue weighted by molar-refractivity contribution is 0.135. The summed E-state index contributed by atoms with van der Waals surface area (Å²) in [6, 6.07) is 0.944. The highest BCUT2D eigenvalue weighted by molar-refractivity contribution is 7.85. The largest absolute Gasteiger partial charge is 0.298 e. The molecule has 0 fully saturated rings. The number of hydrogen-bond acceptors (Lipinski definition) is 3. The summed E-state index contributed by atoms with van der Waals surface area (Å²) in [7, 11) is -3.87. The van der Waals surface area contributed by atoms with Gasteiger partial charge < -0.3 is 0 Å². The van der Waals surface area contributed by atoms with Crippen molar-refractivity contribution in [2.45, 2.75) is 175 Å². The summed E-state index contributed by atoms with van der Waals surface area (Å²) in [6.07, 6.45) is 27.2. The molecule has 34 heavy (non-hydrogen) atoms. The molecule has 0 aliphatic rings. The lowest BCUT2D eigenvalue weighted by Gasteiger charge is -2.35. The minimum absolute atomic E-state index is 0.126. The van der Waals surface area contributed by atoms with Gasteiger partial charge in [-0.05, 0) is 39.7 Å². The molecule has 0 aliphatic heterocycles. The van der Waals surface area contributed by atoms with E-state index in [1.54, 1.807) is 0 Å². The van der Waals surface area contributed by atoms with Crippen molar-refractivity contribution in [3.8, 4) is 0 Å². The molecule has 0 aliphatic carbocycles. The van der Waals surface area contributed by atoms with Crippen molar-refractivity contribution in [1.29, 1.82) is 0 Å². The van der Waals surface area contributed by atoms with Gasteiger partial charge in [0.05, 0.1) is 5.75 Å². The molecule has 0 heterocycles. The highest BCUT2D eigenvalue weighted by Crippen LogP contribution is 2.20. The standard InChI is InChI=1S/C29H61NO3S/c1-5-7-9-11-13-15-17-19-21-24-28(3)30(26-23-27-34(31,32)33)29(4)25-22-20-18-16-14-12-10-8-6-2/h28-29H,5-27H2,1-4H3,(H,31,32,33). The van der Waals surface area contributed by atoms with Crippen LogP contribution in [0.1, 0.15) is 163 Å². The molecule has 0 saturated heterocycles. The molecule has 0 rings (SSSR count). The summed E-state index contributed by atoms with van der Waals surface area (Å²) >= 11 is 0. The molecule has 0 spiro atoms. The maximum atomic E-state index is 11.2. The van der Waals surface area contributed by atoms with Crippen LogP contribution in [0.2, 0.25) is 0 Å². The van der Waals surface area contributed by atoms with E-state index >= 15 is 0 Å². The summed E-state index contributed by atoms with van der Waals surface area (Å²) < 4.78 is 31.5. The number of hydrogen-bond donors (Lipinski definition) is 1. The Balaban J connectivity index is 4.23. The first-order valence-corrected chi connectivity index (χ1v) is 16.6. The normalized spacial score (nSPS) is 14.1. The lowest BCUT2D eigenvalue weighted by Crippen LogP contribution is -2.41. The van der Waals surface area contributed by atoms with Crippen LogP contribution in [0, 0.1) is 0 Å². The second-order valence-electron chi connectivity index (χ2n) is 10.8. The monoisotopic (exact) mass is 503 g/mol. The third-order valence-corrected chi connectivity index (χ3v) is 8.21. The van der Waals surface area contributed by atoms with E-state index < -0.39 is 10.1 Å². The Morgan fingerprint density at radius 3 is 1.21 bits per heavy atom. The van der Waals surface area contributed by atoms with Crippen LogP contribution in [-0.2, 0) is 10.1 Å². The van der Waals surface area contributed by atoms with Crippen LogP contribution in [0.3, 0.4) is 0 Å². The molecule has 2 unspecified atom stereocenters. The molecule has 5 heteroatoms. The number of rotatable bonds is 26. The second-order valence-corrected chi connectivity index (χ2v) is 12.4. The van der Waals surface area contributed by atoms with E-state index in [-0.39, 0.29) is 5.75 Å². The fourth-order valence-corrected chi connectivity index (χ4v) is 5.63. The molecule has 0 saturated carbocycles. The fourth-order valence-electron chi connectivity index (χ4n) is 5.14. The van der Waals surface area contributed by atoms with E-state index in [0.717, 1.165) is 6.54 Å². The molecule has 0 radical (unpaired) electrons. The Morgan fingerprint density at radius 1 is 0.559 bits per heavy atom. The zero-order valence-electron chi connectivity index (χ0n) is 23.5. The molecule has 0 aromatic carbocycles. The van der Waals surface area contributed by atoms with E-state index in [1.165, 1.54) is 128 Å². The maximum Gasteiger partial charge on any atom is 0.264 e. The predicted molar refractivity (Wildman–Crippen MR) is 150 cm³/mol. The number of nitrogens with zero attached hydrogens (tertiary/aromatic N) is 1. The van der Waals surface area contributed by atoms with Crippen LogP contribution in [-0.4, -0.2) is 42.3 Å². The van der Waals surface area contributed by atoms with Crippen molar-refractivity contribution in [2.75, 3.05) is 12.3 Å². The van der Waals surface area contributed by atoms with Crippen molar-refractivity contribution < 1.29 is 13.0 Å². The summed E-state index contributed by atoms with van der Waals surface area (Å²) in [4.78, 5) is 2.51. The molecule has 4 nitrogen and oxygen atoms in total. The molecule has 0 amide bonds. The summed E-state index contributed by atoms with van der Waals surface area (Å²) in [5, 5.41) is 0. The average molecular weight is 504 g/mol. The minimum atomic E-state index is -3.87. The highest BCUT2D eigenvalue weighted by atomic mass is 32.2. The van der Waals surface area contributed by atoms with Gasteiger partial charge in [0.2, 0.25) is 0 Å². The summed E-state index contributed by atoms with van der Waals surface area (Å²) in [5.41, 5.74) is 0. The first-order valence-electron chi connectivity index (χ1n) is 15.0. The average Bonchev–Trinajstić information content (AvgIpc) is 2.78. The van der Waals surface area contributed by atoms with Crippen molar-refractivity contribution in [3.63, 3.8) is 0 Å². The molecule has 1 N–H and O–H groups in total. The van der Waals surface area contributed by atoms with Gasteiger partial charge in [0.25, 0.3) is 10.1 Å². The van der Waals surface area contributed by atoms with Crippen LogP contribution >= 0.6 is 0 Å². The van der Waals surface area contributed by atoms with E-state index in [2.05, 4.69) is 32.6 Å². The van der Waals surface area contributed by atoms with Gasteiger partial charge in [0.15, 0.2) is 0 Å². The predicted octanol–water partition coefficient (Wildman–Crippen LogP) is 9.19. The van der Waals surface area contributed by atoms with Crippen LogP contribution in [0.15, 0.2) is 0 Å². The van der Waals surface area contributed by atoms with Crippen LogP contribution < -0.4 is 0 Å². The van der Waals surface area contributed by atoms with Crippen molar-refractivity contribution >= 4 is 10.1 Å². The molecule has 0 aromatic rings. The Labute approximate surface area is 214 Å². The first-order chi connectivity index (χ1) is 16.3. The second kappa shape index (κ2) is 23.3. The van der Waals surface area contributed by atoms with Crippen LogP contribution in [0.5, 0.6) is 0 Å². The van der Waals surface area contributed by atoms with Crippen molar-refractivity contribution in [1.82, 2.24) is 4.90 Å². The van der Waals surface area contributed by atoms with Crippen LogP contribution in [0.4, 0.5) is 0 Å². The zero-order valence-corrected chi connectivity index (χ0v) is 24.4. The molecule has 0 bridgehead atoms. The van der Waals surface area contributed by atoms with Crippen molar-refractivity contribution in [2.24, 2.45) is 0 Å². The zero-order chi connectivity index (χ0) is 25.5. The Kier molecular flexibility index (Phi) is 23.2. The highest BCUT2D eigenvalue weighted by Gasteiger charge is 2.20. The molecule has 0 aromatic heterocycles. The fraction of sp³-hybridized carbons (Fsp3) is 1.00. The van der Waals surface area contributed by atoms with E-state index in [9.17, 15) is 8.42 Å². The molecule has 206 valence electrons. The van der Waals surface area contributed by atoms with Gasteiger partial charge in [-0.25, -0.2) is 0 Å². The molecular formula is C29H61NO3S. The van der Waals surface area contributed by atoms with Gasteiger partial charge in [-0.15, -0.1) is 0 Å². The molecule has 2 atom stereocenters. The van der Waals surface area contributed by atoms with Gasteiger partial charge in [-0.2, -0.15) is 8.42 Å². The maximum absolute atomic E-state index is 11.2. The van der Waals surface area contributed by atoms with Crippen molar-refractivity contribution in [3.05, 3.63) is 0 Å². The smallest absolute Gasteiger partial charge is 0.264 e. The van der Waals surface area contributed by atoms with E-state index in [4.69, 9.17) is 4.55 Å². The molecular weight excluding hydrogens is 442 g/mol. The number of unbranched alkanes of at least 4 members (excludes halogenated alkanes) is 16. The van der Waals surface area contributed by atoms with Crippen LogP contribution in [0.25, 0.3) is 0 Å². The van der Waals surface area contributed by atoms with E-state index in [1.807, 2.05) is 0 Å². The third kappa shape index (κ3) is 22.3. The first kappa shape index (κ1) is 33.9. The minimum Gasteiger partial charge on any atom is -0.298 e. The Morgan fingerprint density at radius 2 is 0.882 bits per heavy atom. The summed E-state index contributed by atoms with van der Waals surface area (Å²) in [6.45, 7) is 9.92. The Bertz CT molecular complexity index is 495. The lowest BCUT2D eigenvalue weighted by atomic mass is 10.0. The summed E-state index contributed by atoms with van der Waals surface area (Å²) in [5.74, 6) is -0.126. The van der Waals surface area contributed by atoms with Gasteiger partial charge >= 0.3 is 0 Å². The SMILES string of the molecule is CCCCCCCCCCCC(C)N(CCCS(=O)(=O)O)C(C)CCCCCCCCCCC. The van der Waals surface area contributed by atoms with Gasteiger partial charge in [0.1, 0.15) is 0 Å². The third-order valence-electron chi connectivity index (χ3n) is 7.40. The van der Waals surface area contributed by atoms with Gasteiger partial charge in [-0.3, -0.25) is 9.45 Å². The Hall–Kier alpha value is -0.130. The van der Waals surface area contributed by atoms with E-state index in [0.29, 0.717) is 18.5 Å². The van der Waals surface area contributed by atoms with Gasteiger partial charge in [-0.1, -0.05) is 129 Å². The topological polar surface area (TPSA) is 57.6 Å². The van der Waals surface area contributed by atoms with Gasteiger partial charge in [0, 0.05) is 12.1 Å². The quantitative estimate of drug-likeness (QED) is 0.0944.